The lowest BCUT2D eigenvalue weighted by Crippen LogP contribution is -2.28. The highest BCUT2D eigenvalue weighted by Gasteiger charge is 2.21. The lowest BCUT2D eigenvalue weighted by atomic mass is 9.95. The van der Waals surface area contributed by atoms with E-state index in [1.807, 2.05) is 20.8 Å². The van der Waals surface area contributed by atoms with Crippen molar-refractivity contribution in [3.05, 3.63) is 58.6 Å². The van der Waals surface area contributed by atoms with Crippen molar-refractivity contribution < 1.29 is 14.3 Å². The third kappa shape index (κ3) is 5.23. The van der Waals surface area contributed by atoms with Gasteiger partial charge in [0.25, 0.3) is 5.91 Å². The summed E-state index contributed by atoms with van der Waals surface area (Å²) in [5.74, 6) is 0.290. The minimum absolute atomic E-state index is 0.112. The van der Waals surface area contributed by atoms with E-state index in [0.29, 0.717) is 22.0 Å². The quantitative estimate of drug-likeness (QED) is 0.821. The molecule has 0 aliphatic carbocycles. The van der Waals surface area contributed by atoms with Crippen LogP contribution in [-0.2, 0) is 11.3 Å². The first kappa shape index (κ1) is 19.8. The van der Waals surface area contributed by atoms with Crippen LogP contribution in [0.3, 0.4) is 0 Å². The molecular weight excluding hydrogens is 352 g/mol. The number of anilines is 1. The van der Waals surface area contributed by atoms with E-state index in [2.05, 4.69) is 10.6 Å². The number of carbonyl (C=O) groups excluding carboxylic acids is 2. The lowest BCUT2D eigenvalue weighted by Gasteiger charge is -2.18. The monoisotopic (exact) mass is 374 g/mol. The summed E-state index contributed by atoms with van der Waals surface area (Å²) in [4.78, 5) is 24.5. The fourth-order valence-corrected chi connectivity index (χ4v) is 2.41. The van der Waals surface area contributed by atoms with Crippen LogP contribution in [0.2, 0.25) is 5.02 Å². The summed E-state index contributed by atoms with van der Waals surface area (Å²) < 4.78 is 5.28. The number of ether oxygens (including phenoxy) is 1. The van der Waals surface area contributed by atoms with Crippen molar-refractivity contribution in [1.82, 2.24) is 5.32 Å². The Kier molecular flexibility index (Phi) is 6.27. The number of rotatable bonds is 5. The zero-order valence-electron chi connectivity index (χ0n) is 15.4. The van der Waals surface area contributed by atoms with Gasteiger partial charge in [0.15, 0.2) is 0 Å². The predicted octanol–water partition coefficient (Wildman–Crippen LogP) is 4.26. The van der Waals surface area contributed by atoms with Gasteiger partial charge in [0.1, 0.15) is 5.75 Å². The molecule has 0 saturated heterocycles. The number of nitrogens with one attached hydrogen (secondary N) is 2. The Bertz CT molecular complexity index is 813. The molecule has 0 unspecified atom stereocenters. The highest BCUT2D eigenvalue weighted by atomic mass is 35.5. The van der Waals surface area contributed by atoms with Gasteiger partial charge in [0.2, 0.25) is 5.91 Å². The van der Waals surface area contributed by atoms with Gasteiger partial charge in [-0.25, -0.2) is 0 Å². The van der Waals surface area contributed by atoms with Crippen molar-refractivity contribution in [2.45, 2.75) is 27.3 Å². The second kappa shape index (κ2) is 8.23. The number of carbonyl (C=O) groups is 2. The van der Waals surface area contributed by atoms with Gasteiger partial charge in [-0.1, -0.05) is 38.4 Å². The molecule has 0 spiro atoms. The van der Waals surface area contributed by atoms with E-state index in [1.165, 1.54) is 0 Å². The van der Waals surface area contributed by atoms with E-state index in [9.17, 15) is 9.59 Å². The Labute approximate surface area is 158 Å². The van der Waals surface area contributed by atoms with E-state index in [4.69, 9.17) is 16.3 Å². The summed E-state index contributed by atoms with van der Waals surface area (Å²) in [5.41, 5.74) is 1.31. The molecular formula is C20H23ClN2O3. The number of amides is 2. The summed E-state index contributed by atoms with van der Waals surface area (Å²) in [7, 11) is 1.57. The largest absolute Gasteiger partial charge is 0.496 e. The maximum atomic E-state index is 12.4. The average Bonchev–Trinajstić information content (AvgIpc) is 2.59. The van der Waals surface area contributed by atoms with Crippen LogP contribution in [0.5, 0.6) is 5.75 Å². The zero-order chi connectivity index (χ0) is 19.3. The smallest absolute Gasteiger partial charge is 0.251 e. The number of benzene rings is 2. The van der Waals surface area contributed by atoms with Crippen molar-refractivity contribution in [2.75, 3.05) is 12.4 Å². The van der Waals surface area contributed by atoms with Crippen molar-refractivity contribution in [2.24, 2.45) is 5.41 Å². The van der Waals surface area contributed by atoms with Crippen LogP contribution in [-0.4, -0.2) is 18.9 Å². The van der Waals surface area contributed by atoms with E-state index < -0.39 is 5.41 Å². The molecule has 2 rings (SSSR count). The second-order valence-corrected chi connectivity index (χ2v) is 7.36. The molecule has 0 radical (unpaired) electrons. The average molecular weight is 375 g/mol. The fraction of sp³-hybridized carbons (Fsp3) is 0.300. The van der Waals surface area contributed by atoms with Crippen molar-refractivity contribution in [1.29, 1.82) is 0 Å². The Hall–Kier alpha value is -2.53. The molecule has 0 saturated carbocycles. The number of methoxy groups -OCH3 is 1. The predicted molar refractivity (Wildman–Crippen MR) is 104 cm³/mol. The van der Waals surface area contributed by atoms with E-state index in [-0.39, 0.29) is 18.4 Å². The molecule has 2 aromatic rings. The minimum atomic E-state index is -0.513. The topological polar surface area (TPSA) is 67.4 Å². The van der Waals surface area contributed by atoms with Crippen LogP contribution in [0.4, 0.5) is 5.69 Å². The van der Waals surface area contributed by atoms with Gasteiger partial charge in [-0.2, -0.15) is 0 Å². The molecule has 2 N–H and O–H groups in total. The maximum absolute atomic E-state index is 12.4. The molecule has 2 amide bonds. The van der Waals surface area contributed by atoms with Crippen LogP contribution in [0, 0.1) is 5.41 Å². The molecule has 0 aromatic heterocycles. The molecule has 6 heteroatoms. The molecule has 0 heterocycles. The van der Waals surface area contributed by atoms with Crippen LogP contribution < -0.4 is 15.4 Å². The molecule has 0 bridgehead atoms. The first-order valence-corrected chi connectivity index (χ1v) is 8.60. The standard InChI is InChI=1S/C20H23ClN2O3/c1-20(2,3)19(25)23-16-7-5-6-13(11-16)18(24)22-12-14-10-15(21)8-9-17(14)26-4/h5-11H,12H2,1-4H3,(H,22,24)(H,23,25). The van der Waals surface area contributed by atoms with Gasteiger partial charge in [-0.15, -0.1) is 0 Å². The fourth-order valence-electron chi connectivity index (χ4n) is 2.22. The van der Waals surface area contributed by atoms with Crippen molar-refractivity contribution in [3.8, 4) is 5.75 Å². The van der Waals surface area contributed by atoms with Gasteiger partial charge < -0.3 is 15.4 Å². The first-order valence-electron chi connectivity index (χ1n) is 8.23. The van der Waals surface area contributed by atoms with Gasteiger partial charge in [0.05, 0.1) is 7.11 Å². The number of halogens is 1. The lowest BCUT2D eigenvalue weighted by molar-refractivity contribution is -0.123. The highest BCUT2D eigenvalue weighted by Crippen LogP contribution is 2.23. The third-order valence-corrected chi connectivity index (χ3v) is 3.98. The van der Waals surface area contributed by atoms with Crippen molar-refractivity contribution in [3.63, 3.8) is 0 Å². The molecule has 138 valence electrons. The van der Waals surface area contributed by atoms with Crippen molar-refractivity contribution >= 4 is 29.1 Å². The first-order chi connectivity index (χ1) is 12.2. The molecule has 0 fully saturated rings. The number of hydrogen-bond acceptors (Lipinski definition) is 3. The molecule has 0 atom stereocenters. The van der Waals surface area contributed by atoms with Gasteiger partial charge >= 0.3 is 0 Å². The van der Waals surface area contributed by atoms with Crippen LogP contribution in [0.1, 0.15) is 36.7 Å². The van der Waals surface area contributed by atoms with E-state index >= 15 is 0 Å². The number of hydrogen-bond donors (Lipinski definition) is 2. The van der Waals surface area contributed by atoms with Gasteiger partial charge in [0, 0.05) is 33.8 Å². The minimum Gasteiger partial charge on any atom is -0.496 e. The maximum Gasteiger partial charge on any atom is 0.251 e. The molecule has 2 aromatic carbocycles. The summed E-state index contributed by atoms with van der Waals surface area (Å²) >= 11 is 6.00. The Morgan fingerprint density at radius 3 is 2.50 bits per heavy atom. The van der Waals surface area contributed by atoms with Crippen LogP contribution in [0.25, 0.3) is 0 Å². The Balaban J connectivity index is 2.08. The summed E-state index contributed by atoms with van der Waals surface area (Å²) in [6, 6.07) is 12.1. The van der Waals surface area contributed by atoms with Gasteiger partial charge in [-0.05, 0) is 36.4 Å². The van der Waals surface area contributed by atoms with Crippen LogP contribution >= 0.6 is 11.6 Å². The third-order valence-electron chi connectivity index (χ3n) is 3.75. The second-order valence-electron chi connectivity index (χ2n) is 6.92. The Morgan fingerprint density at radius 1 is 1.12 bits per heavy atom. The zero-order valence-corrected chi connectivity index (χ0v) is 16.1. The molecule has 5 nitrogen and oxygen atoms in total. The van der Waals surface area contributed by atoms with E-state index in [1.54, 1.807) is 49.6 Å². The highest BCUT2D eigenvalue weighted by molar-refractivity contribution is 6.30. The SMILES string of the molecule is COc1ccc(Cl)cc1CNC(=O)c1cccc(NC(=O)C(C)(C)C)c1. The van der Waals surface area contributed by atoms with E-state index in [0.717, 1.165) is 5.56 Å². The molecule has 0 aliphatic rings. The summed E-state index contributed by atoms with van der Waals surface area (Å²) in [5, 5.41) is 6.23. The molecule has 0 aliphatic heterocycles. The van der Waals surface area contributed by atoms with Gasteiger partial charge in [-0.3, -0.25) is 9.59 Å². The summed E-state index contributed by atoms with van der Waals surface area (Å²) in [6.45, 7) is 5.77. The summed E-state index contributed by atoms with van der Waals surface area (Å²) in [6.07, 6.45) is 0. The van der Waals surface area contributed by atoms with Crippen LogP contribution in [0.15, 0.2) is 42.5 Å². The Morgan fingerprint density at radius 2 is 1.85 bits per heavy atom. The molecule has 26 heavy (non-hydrogen) atoms. The normalized spacial score (nSPS) is 11.0.